The summed E-state index contributed by atoms with van der Waals surface area (Å²) in [5.74, 6) is -0.0625. The van der Waals surface area contributed by atoms with E-state index >= 15 is 0 Å². The number of benzene rings is 2. The van der Waals surface area contributed by atoms with Crippen molar-refractivity contribution in [2.75, 3.05) is 0 Å². The molecule has 1 N–H and O–H groups in total. The molecule has 0 unspecified atom stereocenters. The third kappa shape index (κ3) is 5.96. The summed E-state index contributed by atoms with van der Waals surface area (Å²) >= 11 is 1.90. The van der Waals surface area contributed by atoms with Crippen LogP contribution in [0, 0.1) is 13.0 Å². The van der Waals surface area contributed by atoms with E-state index in [-0.39, 0.29) is 37.1 Å². The van der Waals surface area contributed by atoms with Crippen molar-refractivity contribution in [3.8, 4) is 11.3 Å². The maximum absolute atomic E-state index is 10.0. The Labute approximate surface area is 232 Å². The van der Waals surface area contributed by atoms with Gasteiger partial charge in [-0.3, -0.25) is 4.79 Å². The van der Waals surface area contributed by atoms with Gasteiger partial charge in [-0.25, -0.2) is 0 Å². The van der Waals surface area contributed by atoms with Gasteiger partial charge in [-0.15, -0.1) is 46.7 Å². The van der Waals surface area contributed by atoms with Crippen molar-refractivity contribution in [2.45, 2.75) is 72.6 Å². The summed E-state index contributed by atoms with van der Waals surface area (Å²) in [5.41, 5.74) is 8.26. The molecule has 0 fully saturated rings. The molecule has 5 rings (SSSR count). The van der Waals surface area contributed by atoms with Crippen molar-refractivity contribution >= 4 is 37.3 Å². The molecule has 0 aliphatic heterocycles. The van der Waals surface area contributed by atoms with Crippen LogP contribution in [0.2, 0.25) is 0 Å². The van der Waals surface area contributed by atoms with Crippen molar-refractivity contribution in [2.24, 2.45) is 0 Å². The molecular weight excluding hydrogens is 643 g/mol. The SMILES string of the molecule is CC(=O)/C=C(/C)O.Cc1c2c(cc3sc4c(-c5[c-]cc(C(C)(C)C)cc5)nccc4c13)CCCC2.[Ir]. The first-order valence-electron chi connectivity index (χ1n) is 12.3. The number of thiophene rings is 1. The molecular formula is C31H34IrNO2S-. The number of aryl methyl sites for hydroxylation is 2. The summed E-state index contributed by atoms with van der Waals surface area (Å²) in [6.45, 7) is 11.9. The second-order valence-electron chi connectivity index (χ2n) is 10.5. The monoisotopic (exact) mass is 677 g/mol. The van der Waals surface area contributed by atoms with E-state index in [1.54, 1.807) is 11.1 Å². The third-order valence-corrected chi connectivity index (χ3v) is 7.78. The first-order valence-corrected chi connectivity index (χ1v) is 13.1. The zero-order valence-electron chi connectivity index (χ0n) is 21.9. The molecule has 2 heterocycles. The van der Waals surface area contributed by atoms with Gasteiger partial charge in [0.1, 0.15) is 0 Å². The smallest absolute Gasteiger partial charge is 0.155 e. The van der Waals surface area contributed by atoms with Crippen LogP contribution in [0.15, 0.2) is 48.4 Å². The van der Waals surface area contributed by atoms with Crippen LogP contribution in [0.4, 0.5) is 0 Å². The Morgan fingerprint density at radius 3 is 2.44 bits per heavy atom. The van der Waals surface area contributed by atoms with Gasteiger partial charge in [0.15, 0.2) is 5.78 Å². The molecule has 4 aromatic rings. The Morgan fingerprint density at radius 1 is 1.14 bits per heavy atom. The second-order valence-corrected chi connectivity index (χ2v) is 11.5. The summed E-state index contributed by atoms with van der Waals surface area (Å²) in [6, 6.07) is 14.7. The first kappa shape index (κ1) is 28.2. The van der Waals surface area contributed by atoms with Crippen molar-refractivity contribution in [3.63, 3.8) is 0 Å². The van der Waals surface area contributed by atoms with E-state index in [1.807, 2.05) is 17.5 Å². The molecule has 1 radical (unpaired) electrons. The van der Waals surface area contributed by atoms with E-state index in [4.69, 9.17) is 10.1 Å². The van der Waals surface area contributed by atoms with Gasteiger partial charge in [-0.1, -0.05) is 20.8 Å². The Balaban J connectivity index is 0.000000400. The quantitative estimate of drug-likeness (QED) is 0.132. The van der Waals surface area contributed by atoms with E-state index in [9.17, 15) is 4.79 Å². The van der Waals surface area contributed by atoms with E-state index in [1.165, 1.54) is 76.9 Å². The van der Waals surface area contributed by atoms with Gasteiger partial charge >= 0.3 is 0 Å². The van der Waals surface area contributed by atoms with Crippen molar-refractivity contribution in [1.82, 2.24) is 4.98 Å². The van der Waals surface area contributed by atoms with Crippen LogP contribution in [-0.4, -0.2) is 15.9 Å². The molecule has 0 bridgehead atoms. The average molecular weight is 677 g/mol. The molecule has 2 aromatic heterocycles. The molecule has 0 spiro atoms. The number of ketones is 1. The third-order valence-electron chi connectivity index (χ3n) is 6.62. The predicted octanol–water partition coefficient (Wildman–Crippen LogP) is 8.44. The standard InChI is InChI=1S/C26H26NS.C5H8O2.Ir/c1-16-20-8-6-5-7-18(20)15-22-23(16)21-13-14-27-24(25(21)28-22)17-9-11-19(12-10-17)26(2,3)4;1-4(6)3-5(2)7;/h9,11-15H,5-8H2,1-4H3;3,6H,1-2H3;/q-1;;/b;4-3-;. The molecule has 36 heavy (non-hydrogen) atoms. The van der Waals surface area contributed by atoms with E-state index in [0.717, 1.165) is 11.3 Å². The number of hydrogen-bond acceptors (Lipinski definition) is 4. The average Bonchev–Trinajstić information content (AvgIpc) is 3.17. The Kier molecular flexibility index (Phi) is 8.92. The summed E-state index contributed by atoms with van der Waals surface area (Å²) in [4.78, 5) is 14.8. The molecule has 0 atom stereocenters. The molecule has 3 nitrogen and oxygen atoms in total. The molecule has 0 saturated carbocycles. The molecule has 1 aliphatic carbocycles. The number of allylic oxidation sites excluding steroid dienone is 2. The number of carbonyl (C=O) groups is 1. The minimum Gasteiger partial charge on any atom is -0.512 e. The Hall–Kier alpha value is -2.33. The number of aromatic nitrogens is 1. The van der Waals surface area contributed by atoms with Crippen LogP contribution < -0.4 is 0 Å². The van der Waals surface area contributed by atoms with Gasteiger partial charge in [-0.05, 0) is 86.1 Å². The van der Waals surface area contributed by atoms with Gasteiger partial charge in [-0.2, -0.15) is 0 Å². The number of pyridine rings is 1. The van der Waals surface area contributed by atoms with E-state index in [0.29, 0.717) is 0 Å². The van der Waals surface area contributed by atoms with Crippen LogP contribution in [0.25, 0.3) is 31.4 Å². The first-order chi connectivity index (χ1) is 16.6. The fraction of sp³-hybridized carbons (Fsp3) is 0.355. The number of hydrogen-bond donors (Lipinski definition) is 1. The van der Waals surface area contributed by atoms with Crippen molar-refractivity contribution in [1.29, 1.82) is 0 Å². The van der Waals surface area contributed by atoms with Gasteiger partial charge in [0.05, 0.1) is 5.76 Å². The van der Waals surface area contributed by atoms with Crippen LogP contribution in [-0.2, 0) is 43.2 Å². The summed E-state index contributed by atoms with van der Waals surface area (Å²) in [5, 5.41) is 11.2. The predicted molar refractivity (Wildman–Crippen MR) is 149 cm³/mol. The van der Waals surface area contributed by atoms with Gasteiger partial charge in [0.2, 0.25) is 0 Å². The van der Waals surface area contributed by atoms with Crippen LogP contribution >= 0.6 is 11.3 Å². The zero-order chi connectivity index (χ0) is 25.3. The van der Waals surface area contributed by atoms with Crippen LogP contribution in [0.5, 0.6) is 0 Å². The zero-order valence-corrected chi connectivity index (χ0v) is 25.1. The second kappa shape index (κ2) is 11.4. The number of nitrogens with zero attached hydrogens (tertiary/aromatic N) is 1. The minimum absolute atomic E-state index is 0. The van der Waals surface area contributed by atoms with Crippen molar-refractivity contribution in [3.05, 3.63) is 76.7 Å². The molecule has 191 valence electrons. The Bertz CT molecular complexity index is 1420. The largest absolute Gasteiger partial charge is 0.512 e. The fourth-order valence-electron chi connectivity index (χ4n) is 4.88. The molecule has 5 heteroatoms. The Morgan fingerprint density at radius 2 is 1.86 bits per heavy atom. The maximum atomic E-state index is 10.0. The number of aliphatic hydroxyl groups excluding tert-OH is 1. The molecule has 1 aliphatic rings. The maximum Gasteiger partial charge on any atom is 0.155 e. The summed E-state index contributed by atoms with van der Waals surface area (Å²) < 4.78 is 2.71. The van der Waals surface area contributed by atoms with Gasteiger partial charge in [0.25, 0.3) is 0 Å². The van der Waals surface area contributed by atoms with Crippen LogP contribution in [0.1, 0.15) is 69.7 Å². The van der Waals surface area contributed by atoms with Gasteiger partial charge in [0, 0.05) is 52.9 Å². The number of aliphatic hydroxyl groups is 1. The van der Waals surface area contributed by atoms with E-state index in [2.05, 4.69) is 64.1 Å². The van der Waals surface area contributed by atoms with Crippen molar-refractivity contribution < 1.29 is 30.0 Å². The molecule has 0 saturated heterocycles. The number of fused-ring (bicyclic) bond motifs is 4. The van der Waals surface area contributed by atoms with Crippen LogP contribution in [0.3, 0.4) is 0 Å². The van der Waals surface area contributed by atoms with Gasteiger partial charge < -0.3 is 10.1 Å². The number of carbonyl (C=O) groups excluding carboxylic acids is 1. The normalized spacial score (nSPS) is 13.6. The summed E-state index contributed by atoms with van der Waals surface area (Å²) in [6.07, 6.45) is 8.24. The number of rotatable bonds is 2. The fourth-order valence-corrected chi connectivity index (χ4v) is 6.21. The topological polar surface area (TPSA) is 50.2 Å². The molecule has 0 amide bonds. The van der Waals surface area contributed by atoms with E-state index < -0.39 is 0 Å². The summed E-state index contributed by atoms with van der Waals surface area (Å²) in [7, 11) is 0. The minimum atomic E-state index is -0.125. The molecule has 2 aromatic carbocycles.